The van der Waals surface area contributed by atoms with Gasteiger partial charge < -0.3 is 10.0 Å². The molecule has 0 fully saturated rings. The summed E-state index contributed by atoms with van der Waals surface area (Å²) in [6.45, 7) is 2.90. The number of aryl methyl sites for hydroxylation is 1. The molecule has 0 heterocycles. The molecule has 94 valence electrons. The van der Waals surface area contributed by atoms with Crippen LogP contribution in [0.15, 0.2) is 46.9 Å². The lowest BCUT2D eigenvalue weighted by Gasteiger charge is -2.20. The average molecular weight is 306 g/mol. The topological polar surface area (TPSA) is 23.5 Å². The minimum Gasteiger partial charge on any atom is -0.507 e. The van der Waals surface area contributed by atoms with Gasteiger partial charge in [-0.05, 0) is 58.2 Å². The van der Waals surface area contributed by atoms with E-state index in [-0.39, 0.29) is 5.75 Å². The van der Waals surface area contributed by atoms with Crippen LogP contribution in [-0.4, -0.2) is 12.2 Å². The van der Waals surface area contributed by atoms with Crippen molar-refractivity contribution in [2.45, 2.75) is 13.5 Å². The highest BCUT2D eigenvalue weighted by molar-refractivity contribution is 9.10. The van der Waals surface area contributed by atoms with Crippen LogP contribution in [0, 0.1) is 6.92 Å². The highest BCUT2D eigenvalue weighted by atomic mass is 79.9. The third kappa shape index (κ3) is 3.05. The molecular weight excluding hydrogens is 290 g/mol. The number of aromatic hydroxyl groups is 1. The first-order valence-electron chi connectivity index (χ1n) is 5.81. The van der Waals surface area contributed by atoms with E-state index in [4.69, 9.17) is 0 Å². The Morgan fingerprint density at radius 2 is 1.94 bits per heavy atom. The highest BCUT2D eigenvalue weighted by Crippen LogP contribution is 2.25. The predicted octanol–water partition coefficient (Wildman–Crippen LogP) is 4.10. The molecule has 0 radical (unpaired) electrons. The van der Waals surface area contributed by atoms with E-state index < -0.39 is 0 Å². The fraction of sp³-hybridized carbons (Fsp3) is 0.200. The number of halogens is 1. The number of rotatable bonds is 3. The van der Waals surface area contributed by atoms with Gasteiger partial charge in [0.05, 0.1) is 4.47 Å². The van der Waals surface area contributed by atoms with Gasteiger partial charge >= 0.3 is 0 Å². The summed E-state index contributed by atoms with van der Waals surface area (Å²) in [4.78, 5) is 2.19. The Labute approximate surface area is 116 Å². The predicted molar refractivity (Wildman–Crippen MR) is 79.1 cm³/mol. The monoisotopic (exact) mass is 305 g/mol. The first-order chi connectivity index (χ1) is 8.56. The van der Waals surface area contributed by atoms with Crippen molar-refractivity contribution < 1.29 is 5.11 Å². The number of anilines is 1. The number of phenolic OH excluding ortho intramolecular Hbond substituents is 1. The molecule has 0 aliphatic rings. The Kier molecular flexibility index (Phi) is 3.92. The number of hydrogen-bond acceptors (Lipinski definition) is 2. The zero-order chi connectivity index (χ0) is 13.1. The Morgan fingerprint density at radius 3 is 2.61 bits per heavy atom. The number of benzene rings is 2. The highest BCUT2D eigenvalue weighted by Gasteiger charge is 2.04. The van der Waals surface area contributed by atoms with Crippen molar-refractivity contribution in [2.75, 3.05) is 11.9 Å². The average Bonchev–Trinajstić information content (AvgIpc) is 2.34. The summed E-state index contributed by atoms with van der Waals surface area (Å²) < 4.78 is 0.734. The minimum absolute atomic E-state index is 0.275. The van der Waals surface area contributed by atoms with Crippen LogP contribution in [-0.2, 0) is 6.54 Å². The zero-order valence-corrected chi connectivity index (χ0v) is 12.1. The van der Waals surface area contributed by atoms with Crippen LogP contribution >= 0.6 is 15.9 Å². The van der Waals surface area contributed by atoms with E-state index in [1.807, 2.05) is 12.1 Å². The molecule has 0 bridgehead atoms. The van der Waals surface area contributed by atoms with Crippen LogP contribution in [0.3, 0.4) is 0 Å². The molecule has 0 spiro atoms. The molecule has 18 heavy (non-hydrogen) atoms. The molecule has 0 atom stereocenters. The molecule has 2 aromatic carbocycles. The molecule has 0 amide bonds. The lowest BCUT2D eigenvalue weighted by atomic mass is 10.1. The van der Waals surface area contributed by atoms with E-state index in [9.17, 15) is 5.11 Å². The molecule has 2 aromatic rings. The second kappa shape index (κ2) is 5.44. The maximum absolute atomic E-state index is 9.47. The van der Waals surface area contributed by atoms with Gasteiger partial charge in [0.15, 0.2) is 0 Å². The summed E-state index contributed by atoms with van der Waals surface area (Å²) in [5.74, 6) is 0.275. The van der Waals surface area contributed by atoms with Gasteiger partial charge in [0.2, 0.25) is 0 Å². The Balaban J connectivity index is 2.16. The normalized spacial score (nSPS) is 10.4. The van der Waals surface area contributed by atoms with Crippen molar-refractivity contribution >= 4 is 21.6 Å². The third-order valence-electron chi connectivity index (χ3n) is 2.87. The van der Waals surface area contributed by atoms with Crippen molar-refractivity contribution in [3.05, 3.63) is 58.1 Å². The van der Waals surface area contributed by atoms with Gasteiger partial charge in [0.1, 0.15) is 5.75 Å². The van der Waals surface area contributed by atoms with Crippen molar-refractivity contribution in [1.82, 2.24) is 0 Å². The molecule has 2 nitrogen and oxygen atoms in total. The largest absolute Gasteiger partial charge is 0.507 e. The van der Waals surface area contributed by atoms with E-state index >= 15 is 0 Å². The molecule has 1 N–H and O–H groups in total. The van der Waals surface area contributed by atoms with Gasteiger partial charge in [-0.25, -0.2) is 0 Å². The molecule has 0 aromatic heterocycles. The van der Waals surface area contributed by atoms with Gasteiger partial charge in [-0.15, -0.1) is 0 Å². The molecule has 3 heteroatoms. The second-order valence-electron chi connectivity index (χ2n) is 4.48. The van der Waals surface area contributed by atoms with Crippen molar-refractivity contribution in [3.8, 4) is 5.75 Å². The first kappa shape index (κ1) is 13.0. The van der Waals surface area contributed by atoms with Crippen LogP contribution in [0.2, 0.25) is 0 Å². The maximum atomic E-state index is 9.47. The SMILES string of the molecule is Cc1cccc(N(C)Cc2ccc(O)c(Br)c2)c1. The van der Waals surface area contributed by atoms with Crippen molar-refractivity contribution in [1.29, 1.82) is 0 Å². The summed E-state index contributed by atoms with van der Waals surface area (Å²) >= 11 is 3.34. The molecule has 2 rings (SSSR count). The Bertz CT molecular complexity index is 554. The Morgan fingerprint density at radius 1 is 1.17 bits per heavy atom. The second-order valence-corrected chi connectivity index (χ2v) is 5.34. The molecule has 0 saturated carbocycles. The molecule has 0 saturated heterocycles. The summed E-state index contributed by atoms with van der Waals surface area (Å²) in [5.41, 5.74) is 3.61. The molecule has 0 aliphatic heterocycles. The first-order valence-corrected chi connectivity index (χ1v) is 6.61. The standard InChI is InChI=1S/C15H16BrNO/c1-11-4-3-5-13(8-11)17(2)10-12-6-7-15(18)14(16)9-12/h3-9,18H,10H2,1-2H3. The number of hydrogen-bond donors (Lipinski definition) is 1. The van der Waals surface area contributed by atoms with Crippen molar-refractivity contribution in [3.63, 3.8) is 0 Å². The third-order valence-corrected chi connectivity index (χ3v) is 3.51. The van der Waals surface area contributed by atoms with E-state index in [0.29, 0.717) is 0 Å². The van der Waals surface area contributed by atoms with Crippen LogP contribution < -0.4 is 4.90 Å². The van der Waals surface area contributed by atoms with E-state index in [0.717, 1.165) is 16.6 Å². The van der Waals surface area contributed by atoms with Crippen LogP contribution in [0.4, 0.5) is 5.69 Å². The lowest BCUT2D eigenvalue weighted by molar-refractivity contribution is 0.471. The van der Waals surface area contributed by atoms with E-state index in [2.05, 4.69) is 59.1 Å². The number of nitrogens with zero attached hydrogens (tertiary/aromatic N) is 1. The summed E-state index contributed by atoms with van der Waals surface area (Å²) in [5, 5.41) is 9.47. The summed E-state index contributed by atoms with van der Waals surface area (Å²) in [6.07, 6.45) is 0. The minimum atomic E-state index is 0.275. The van der Waals surface area contributed by atoms with Gasteiger partial charge in [0, 0.05) is 19.3 Å². The van der Waals surface area contributed by atoms with Gasteiger partial charge in [-0.1, -0.05) is 18.2 Å². The van der Waals surface area contributed by atoms with Crippen LogP contribution in [0.1, 0.15) is 11.1 Å². The fourth-order valence-electron chi connectivity index (χ4n) is 1.88. The fourth-order valence-corrected chi connectivity index (χ4v) is 2.31. The smallest absolute Gasteiger partial charge is 0.129 e. The zero-order valence-electron chi connectivity index (χ0n) is 10.5. The molecule has 0 unspecified atom stereocenters. The number of phenols is 1. The molecular formula is C15H16BrNO. The summed E-state index contributed by atoms with van der Waals surface area (Å²) in [6, 6.07) is 14.0. The quantitative estimate of drug-likeness (QED) is 0.923. The van der Waals surface area contributed by atoms with Crippen LogP contribution in [0.25, 0.3) is 0 Å². The Hall–Kier alpha value is -1.48. The van der Waals surface area contributed by atoms with E-state index in [1.54, 1.807) is 6.07 Å². The van der Waals surface area contributed by atoms with Gasteiger partial charge in [0.25, 0.3) is 0 Å². The lowest BCUT2D eigenvalue weighted by Crippen LogP contribution is -2.16. The summed E-state index contributed by atoms with van der Waals surface area (Å²) in [7, 11) is 2.07. The molecule has 0 aliphatic carbocycles. The van der Waals surface area contributed by atoms with E-state index in [1.165, 1.54) is 11.3 Å². The maximum Gasteiger partial charge on any atom is 0.129 e. The van der Waals surface area contributed by atoms with Gasteiger partial charge in [-0.2, -0.15) is 0 Å². The van der Waals surface area contributed by atoms with Gasteiger partial charge in [-0.3, -0.25) is 0 Å². The van der Waals surface area contributed by atoms with Crippen molar-refractivity contribution in [2.24, 2.45) is 0 Å². The van der Waals surface area contributed by atoms with Crippen LogP contribution in [0.5, 0.6) is 5.75 Å².